The molecule has 3 N–H and O–H groups in total. The second-order valence-corrected chi connectivity index (χ2v) is 21.0. The summed E-state index contributed by atoms with van der Waals surface area (Å²) in [6, 6.07) is 23.6. The summed E-state index contributed by atoms with van der Waals surface area (Å²) in [5.74, 6) is -1.19. The number of anilines is 2. The van der Waals surface area contributed by atoms with Gasteiger partial charge < -0.3 is 35.0 Å². The van der Waals surface area contributed by atoms with Crippen molar-refractivity contribution in [3.8, 4) is 33.4 Å². The largest absolute Gasteiger partial charge is 0.494 e. The van der Waals surface area contributed by atoms with Gasteiger partial charge in [-0.3, -0.25) is 24.1 Å². The van der Waals surface area contributed by atoms with E-state index in [1.54, 1.807) is 53.8 Å². The minimum absolute atomic E-state index is 0.00405. The van der Waals surface area contributed by atoms with E-state index in [4.69, 9.17) is 21.7 Å². The first-order valence-corrected chi connectivity index (χ1v) is 25.0. The third kappa shape index (κ3) is 12.2. The van der Waals surface area contributed by atoms with Crippen molar-refractivity contribution in [2.45, 2.75) is 104 Å². The van der Waals surface area contributed by atoms with E-state index in [9.17, 15) is 42.7 Å². The Morgan fingerprint density at radius 1 is 0.959 bits per heavy atom. The number of benzene rings is 4. The van der Waals surface area contributed by atoms with E-state index in [2.05, 4.69) is 15.6 Å². The molecule has 7 rings (SSSR count). The molecule has 0 spiro atoms. The molecule has 4 aromatic carbocycles. The van der Waals surface area contributed by atoms with Crippen molar-refractivity contribution in [2.75, 3.05) is 36.2 Å². The lowest BCUT2D eigenvalue weighted by Gasteiger charge is -2.35. The summed E-state index contributed by atoms with van der Waals surface area (Å²) in [5.41, 5.74) is 4.22. The standard InChI is InChI=1S/C54H58F3N7O7S2/c1-32-24-41(20-21-42(32)35-14-17-38(18-15-35)64-51(72)63(50(69)53(64,6)7)39-19-16-37(27-58)43(25-39)54(55,56)57)71-23-9-8-22-70-30-45(66)61-47(52(3,4)5)49(68)62-29-40(65)26-44(62)48(67)59-28-34-10-12-36(13-11-34)46-33(2)60-31-73-46/h10-21,24-25,31,40,44,47,65H,8-9,22-23,26,28-30H2,1-7H3,(H,59,67)(H,61,66)/t40-,44+,47-/m1/s1. The average molecular weight is 1040 g/mol. The summed E-state index contributed by atoms with van der Waals surface area (Å²) >= 11 is 7.25. The van der Waals surface area contributed by atoms with Gasteiger partial charge >= 0.3 is 6.18 Å². The summed E-state index contributed by atoms with van der Waals surface area (Å²) in [7, 11) is 0. The first kappa shape index (κ1) is 54.1. The Balaban J connectivity index is 0.855. The second kappa shape index (κ2) is 22.2. The van der Waals surface area contributed by atoms with Gasteiger partial charge in [-0.05, 0) is 128 Å². The molecule has 5 aromatic rings. The lowest BCUT2D eigenvalue weighted by atomic mass is 9.85. The molecule has 0 bridgehead atoms. The number of nitrogens with zero attached hydrogens (tertiary/aromatic N) is 5. The molecule has 3 atom stereocenters. The molecule has 2 aliphatic rings. The van der Waals surface area contributed by atoms with Gasteiger partial charge in [-0.25, -0.2) is 4.98 Å². The lowest BCUT2D eigenvalue weighted by Crippen LogP contribution is -2.58. The summed E-state index contributed by atoms with van der Waals surface area (Å²) < 4.78 is 53.1. The number of thiazole rings is 1. The Hall–Kier alpha value is -6.72. The maximum atomic E-state index is 14.0. The number of nitrogens with one attached hydrogen (secondary N) is 2. The highest BCUT2D eigenvalue weighted by atomic mass is 32.1. The number of carbonyl (C=O) groups is 4. The zero-order valence-corrected chi connectivity index (χ0v) is 43.3. The average Bonchev–Trinajstić information content (AvgIpc) is 4.01. The van der Waals surface area contributed by atoms with Gasteiger partial charge in [0.25, 0.3) is 5.91 Å². The Bertz CT molecular complexity index is 2910. The van der Waals surface area contributed by atoms with Crippen LogP contribution in [0.1, 0.15) is 81.8 Å². The third-order valence-corrected chi connectivity index (χ3v) is 14.2. The molecule has 3 heterocycles. The van der Waals surface area contributed by atoms with Crippen LogP contribution in [0.25, 0.3) is 21.6 Å². The van der Waals surface area contributed by atoms with Crippen LogP contribution in [0, 0.1) is 30.6 Å². The normalized spacial score (nSPS) is 17.2. The van der Waals surface area contributed by atoms with Crippen LogP contribution in [0.15, 0.2) is 90.4 Å². The topological polar surface area (TPSA) is 177 Å². The van der Waals surface area contributed by atoms with Crippen molar-refractivity contribution < 1.29 is 46.9 Å². The summed E-state index contributed by atoms with van der Waals surface area (Å²) in [6.45, 7) is 13.2. The minimum atomic E-state index is -4.81. The molecular formula is C54H58F3N7O7S2. The van der Waals surface area contributed by atoms with Crippen LogP contribution in [0.5, 0.6) is 5.75 Å². The molecule has 0 saturated carbocycles. The van der Waals surface area contributed by atoms with Crippen LogP contribution < -0.4 is 25.2 Å². The number of aromatic nitrogens is 1. The van der Waals surface area contributed by atoms with Gasteiger partial charge in [0, 0.05) is 31.8 Å². The van der Waals surface area contributed by atoms with Gasteiger partial charge in [0.15, 0.2) is 5.11 Å². The van der Waals surface area contributed by atoms with Gasteiger partial charge in [0.1, 0.15) is 30.0 Å². The number of alkyl halides is 3. The summed E-state index contributed by atoms with van der Waals surface area (Å²) in [5, 5.41) is 25.6. The van der Waals surface area contributed by atoms with Crippen molar-refractivity contribution in [1.29, 1.82) is 5.26 Å². The SMILES string of the molecule is Cc1cc(OCCCCOCC(=O)N[C@H](C(=O)N2C[C@H](O)C[C@H]2C(=O)NCc2ccc(-c3scnc3C)cc2)C(C)(C)C)ccc1-c1ccc(N2C(=S)N(c3ccc(C#N)c(C(F)(F)F)c3)C(=O)C2(C)C)cc1. The Morgan fingerprint density at radius 2 is 1.63 bits per heavy atom. The quantitative estimate of drug-likeness (QED) is 0.0599. The van der Waals surface area contributed by atoms with Crippen LogP contribution in [-0.2, 0) is 36.6 Å². The maximum Gasteiger partial charge on any atom is 0.417 e. The van der Waals surface area contributed by atoms with Crippen LogP contribution >= 0.6 is 23.6 Å². The molecule has 2 aliphatic heterocycles. The van der Waals surface area contributed by atoms with E-state index in [-0.39, 0.29) is 49.4 Å². The van der Waals surface area contributed by atoms with E-state index >= 15 is 0 Å². The van der Waals surface area contributed by atoms with Gasteiger partial charge in [-0.15, -0.1) is 11.3 Å². The highest BCUT2D eigenvalue weighted by Crippen LogP contribution is 2.41. The molecule has 0 aliphatic carbocycles. The number of carbonyl (C=O) groups excluding carboxylic acids is 4. The molecular weight excluding hydrogens is 980 g/mol. The number of hydrogen-bond donors (Lipinski definition) is 3. The first-order valence-electron chi connectivity index (χ1n) is 23.8. The van der Waals surface area contributed by atoms with Crippen molar-refractivity contribution in [3.63, 3.8) is 0 Å². The van der Waals surface area contributed by atoms with Gasteiger partial charge in [-0.2, -0.15) is 18.4 Å². The summed E-state index contributed by atoms with van der Waals surface area (Å²) in [4.78, 5) is 63.7. The van der Waals surface area contributed by atoms with Crippen LogP contribution in [0.3, 0.4) is 0 Å². The van der Waals surface area contributed by atoms with Gasteiger partial charge in [0.2, 0.25) is 17.7 Å². The number of thiocarbonyl (C=S) groups is 1. The van der Waals surface area contributed by atoms with Crippen LogP contribution in [0.4, 0.5) is 24.5 Å². The highest BCUT2D eigenvalue weighted by molar-refractivity contribution is 7.81. The molecule has 2 fully saturated rings. The smallest absolute Gasteiger partial charge is 0.417 e. The monoisotopic (exact) mass is 1040 g/mol. The van der Waals surface area contributed by atoms with Crippen LogP contribution in [0.2, 0.25) is 0 Å². The molecule has 4 amide bonds. The zero-order chi connectivity index (χ0) is 53.0. The van der Waals surface area contributed by atoms with Gasteiger partial charge in [-0.1, -0.05) is 63.2 Å². The fourth-order valence-electron chi connectivity index (χ4n) is 8.94. The number of aryl methyl sites for hydroxylation is 2. The highest BCUT2D eigenvalue weighted by Gasteiger charge is 2.51. The number of β-amino-alcohol motifs (C(OH)–C–C–N with tert-alkyl or cyclic N) is 1. The van der Waals surface area contributed by atoms with Crippen LogP contribution in [-0.4, -0.2) is 93.8 Å². The lowest BCUT2D eigenvalue weighted by molar-refractivity contribution is -0.144. The van der Waals surface area contributed by atoms with E-state index in [1.165, 1.54) is 11.0 Å². The number of amides is 4. The van der Waals surface area contributed by atoms with E-state index < -0.39 is 64.2 Å². The Kier molecular flexibility index (Phi) is 16.4. The molecule has 19 heteroatoms. The number of unbranched alkanes of at least 4 members (excludes halogenated alkanes) is 1. The molecule has 0 unspecified atom stereocenters. The number of halogens is 3. The Morgan fingerprint density at radius 3 is 2.26 bits per heavy atom. The van der Waals surface area contributed by atoms with Crippen molar-refractivity contribution in [3.05, 3.63) is 118 Å². The number of ether oxygens (including phenoxy) is 2. The molecule has 14 nitrogen and oxygen atoms in total. The predicted octanol–water partition coefficient (Wildman–Crippen LogP) is 8.89. The number of rotatable bonds is 17. The second-order valence-electron chi connectivity index (χ2n) is 19.7. The Labute approximate surface area is 432 Å². The molecule has 384 valence electrons. The number of aliphatic hydroxyl groups is 1. The fourth-order valence-corrected chi connectivity index (χ4v) is 10.3. The van der Waals surface area contributed by atoms with E-state index in [0.717, 1.165) is 55.4 Å². The first-order chi connectivity index (χ1) is 34.5. The van der Waals surface area contributed by atoms with E-state index in [0.29, 0.717) is 30.9 Å². The number of aliphatic hydroxyl groups excluding tert-OH is 1. The number of likely N-dealkylation sites (tertiary alicyclic amines) is 1. The maximum absolute atomic E-state index is 14.0. The van der Waals surface area contributed by atoms with Crippen molar-refractivity contribution in [1.82, 2.24) is 20.5 Å². The molecule has 73 heavy (non-hydrogen) atoms. The molecule has 0 radical (unpaired) electrons. The van der Waals surface area contributed by atoms with E-state index in [1.807, 2.05) is 89.2 Å². The fraction of sp³-hybridized carbons (Fsp3) is 0.389. The third-order valence-electron chi connectivity index (χ3n) is 12.9. The zero-order valence-electron chi connectivity index (χ0n) is 41.6. The predicted molar refractivity (Wildman–Crippen MR) is 277 cm³/mol. The summed E-state index contributed by atoms with van der Waals surface area (Å²) in [6.07, 6.45) is -4.39. The number of hydrogen-bond acceptors (Lipinski definition) is 11. The van der Waals surface area contributed by atoms with Gasteiger partial charge in [0.05, 0.1) is 51.7 Å². The molecule has 2 saturated heterocycles. The number of nitriles is 1. The van der Waals surface area contributed by atoms with Crippen molar-refractivity contribution in [2.24, 2.45) is 5.41 Å². The molecule has 1 aromatic heterocycles. The van der Waals surface area contributed by atoms with Crippen molar-refractivity contribution >= 4 is 63.7 Å². The minimum Gasteiger partial charge on any atom is -0.494 e.